The lowest BCUT2D eigenvalue weighted by atomic mass is 9.97. The van der Waals surface area contributed by atoms with E-state index in [0.29, 0.717) is 0 Å². The Bertz CT molecular complexity index is 592. The molecule has 0 spiro atoms. The molecule has 0 N–H and O–H groups in total. The van der Waals surface area contributed by atoms with Crippen LogP contribution in [-0.2, 0) is 9.53 Å². The number of benzene rings is 2. The zero-order valence-corrected chi connectivity index (χ0v) is 13.1. The van der Waals surface area contributed by atoms with Gasteiger partial charge in [0.1, 0.15) is 5.60 Å². The fourth-order valence-corrected chi connectivity index (χ4v) is 2.12. The highest BCUT2D eigenvalue weighted by Gasteiger charge is 2.22. The third-order valence-corrected chi connectivity index (χ3v) is 3.28. The van der Waals surface area contributed by atoms with E-state index in [1.54, 1.807) is 0 Å². The summed E-state index contributed by atoms with van der Waals surface area (Å²) in [4.78, 5) is 12.1. The Morgan fingerprint density at radius 1 is 0.905 bits per heavy atom. The number of ether oxygens (including phenoxy) is 1. The third-order valence-electron chi connectivity index (χ3n) is 3.28. The van der Waals surface area contributed by atoms with Crippen LogP contribution in [0.4, 0.5) is 0 Å². The summed E-state index contributed by atoms with van der Waals surface area (Å²) in [6.07, 6.45) is 0. The van der Waals surface area contributed by atoms with Gasteiger partial charge in [-0.25, -0.2) is 0 Å². The molecule has 2 rings (SSSR count). The van der Waals surface area contributed by atoms with Crippen LogP contribution in [0.15, 0.2) is 54.6 Å². The molecular weight excluding hydrogens is 260 g/mol. The van der Waals surface area contributed by atoms with Crippen molar-refractivity contribution in [1.29, 1.82) is 0 Å². The van der Waals surface area contributed by atoms with Crippen LogP contribution < -0.4 is 0 Å². The number of esters is 1. The van der Waals surface area contributed by atoms with Gasteiger partial charge in [0, 0.05) is 0 Å². The van der Waals surface area contributed by atoms with Gasteiger partial charge < -0.3 is 4.74 Å². The summed E-state index contributed by atoms with van der Waals surface area (Å²) < 4.78 is 5.43. The van der Waals surface area contributed by atoms with E-state index < -0.39 is 5.60 Å². The van der Waals surface area contributed by atoms with Crippen LogP contribution in [0.3, 0.4) is 0 Å². The van der Waals surface area contributed by atoms with Crippen molar-refractivity contribution in [3.8, 4) is 11.1 Å². The number of carbonyl (C=O) groups is 1. The Morgan fingerprint density at radius 2 is 1.43 bits per heavy atom. The molecule has 0 aliphatic heterocycles. The van der Waals surface area contributed by atoms with Gasteiger partial charge in [-0.1, -0.05) is 54.6 Å². The van der Waals surface area contributed by atoms with Crippen LogP contribution in [0, 0.1) is 0 Å². The summed E-state index contributed by atoms with van der Waals surface area (Å²) in [5, 5.41) is 0. The second kappa shape index (κ2) is 6.13. The molecule has 0 saturated carbocycles. The minimum absolute atomic E-state index is 0.185. The van der Waals surface area contributed by atoms with Crippen LogP contribution >= 0.6 is 0 Å². The summed E-state index contributed by atoms with van der Waals surface area (Å²) in [6.45, 7) is 7.54. The average molecular weight is 282 g/mol. The lowest BCUT2D eigenvalue weighted by molar-refractivity contribution is -0.156. The maximum Gasteiger partial charge on any atom is 0.313 e. The standard InChI is InChI=1S/C19H22O2/c1-14(18(20)21-19(2,3)4)15-10-12-17(13-11-15)16-8-6-5-7-9-16/h5-14H,1-4H3. The van der Waals surface area contributed by atoms with E-state index in [2.05, 4.69) is 12.1 Å². The molecule has 0 aliphatic rings. The number of hydrogen-bond acceptors (Lipinski definition) is 2. The minimum Gasteiger partial charge on any atom is -0.460 e. The number of rotatable bonds is 3. The summed E-state index contributed by atoms with van der Waals surface area (Å²) in [5.41, 5.74) is 2.85. The van der Waals surface area contributed by atoms with E-state index in [1.165, 1.54) is 5.56 Å². The van der Waals surface area contributed by atoms with Crippen LogP contribution in [0.1, 0.15) is 39.2 Å². The highest BCUT2D eigenvalue weighted by Crippen LogP contribution is 2.24. The molecule has 0 aliphatic carbocycles. The summed E-state index contributed by atoms with van der Waals surface area (Å²) in [7, 11) is 0. The van der Waals surface area contributed by atoms with Gasteiger partial charge in [0.2, 0.25) is 0 Å². The summed E-state index contributed by atoms with van der Waals surface area (Å²) in [5.74, 6) is -0.441. The second-order valence-electron chi connectivity index (χ2n) is 6.24. The molecule has 0 heterocycles. The zero-order chi connectivity index (χ0) is 15.5. The molecule has 0 bridgehead atoms. The Kier molecular flexibility index (Phi) is 4.46. The largest absolute Gasteiger partial charge is 0.460 e. The molecule has 2 aromatic carbocycles. The van der Waals surface area contributed by atoms with Gasteiger partial charge in [-0.2, -0.15) is 0 Å². The molecular formula is C19H22O2. The Labute approximate surface area is 126 Å². The lowest BCUT2D eigenvalue weighted by Gasteiger charge is -2.22. The van der Waals surface area contributed by atoms with Crippen molar-refractivity contribution in [3.05, 3.63) is 60.2 Å². The number of carbonyl (C=O) groups excluding carboxylic acids is 1. The minimum atomic E-state index is -0.449. The van der Waals surface area contributed by atoms with Crippen LogP contribution in [0.5, 0.6) is 0 Å². The first-order valence-corrected chi connectivity index (χ1v) is 7.25. The van der Waals surface area contributed by atoms with Gasteiger partial charge in [0.25, 0.3) is 0 Å². The fourth-order valence-electron chi connectivity index (χ4n) is 2.12. The summed E-state index contributed by atoms with van der Waals surface area (Å²) in [6, 6.07) is 18.3. The first-order valence-electron chi connectivity index (χ1n) is 7.25. The molecule has 1 atom stereocenters. The second-order valence-corrected chi connectivity index (χ2v) is 6.24. The van der Waals surface area contributed by atoms with Crippen molar-refractivity contribution in [3.63, 3.8) is 0 Å². The van der Waals surface area contributed by atoms with Crippen LogP contribution in [0.2, 0.25) is 0 Å². The lowest BCUT2D eigenvalue weighted by Crippen LogP contribution is -2.26. The summed E-state index contributed by atoms with van der Waals surface area (Å²) >= 11 is 0. The predicted molar refractivity (Wildman–Crippen MR) is 86.1 cm³/mol. The van der Waals surface area contributed by atoms with E-state index in [-0.39, 0.29) is 11.9 Å². The van der Waals surface area contributed by atoms with Gasteiger partial charge >= 0.3 is 5.97 Å². The first-order chi connectivity index (χ1) is 9.87. The Balaban J connectivity index is 2.14. The fraction of sp³-hybridized carbons (Fsp3) is 0.316. The van der Waals surface area contributed by atoms with Gasteiger partial charge in [-0.05, 0) is 44.4 Å². The zero-order valence-electron chi connectivity index (χ0n) is 13.1. The van der Waals surface area contributed by atoms with Crippen LogP contribution in [0.25, 0.3) is 11.1 Å². The molecule has 110 valence electrons. The van der Waals surface area contributed by atoms with E-state index in [1.807, 2.05) is 70.2 Å². The molecule has 21 heavy (non-hydrogen) atoms. The maximum absolute atomic E-state index is 12.1. The van der Waals surface area contributed by atoms with E-state index in [9.17, 15) is 4.79 Å². The van der Waals surface area contributed by atoms with Crippen molar-refractivity contribution >= 4 is 5.97 Å². The molecule has 0 fully saturated rings. The average Bonchev–Trinajstić information content (AvgIpc) is 2.46. The molecule has 1 unspecified atom stereocenters. The Morgan fingerprint density at radius 3 is 1.95 bits per heavy atom. The monoisotopic (exact) mass is 282 g/mol. The predicted octanol–water partition coefficient (Wildman–Crippen LogP) is 4.80. The number of hydrogen-bond donors (Lipinski definition) is 0. The van der Waals surface area contributed by atoms with Gasteiger partial charge in [0.15, 0.2) is 0 Å². The molecule has 0 amide bonds. The van der Waals surface area contributed by atoms with E-state index >= 15 is 0 Å². The van der Waals surface area contributed by atoms with Crippen LogP contribution in [-0.4, -0.2) is 11.6 Å². The van der Waals surface area contributed by atoms with Crippen molar-refractivity contribution in [2.24, 2.45) is 0 Å². The van der Waals surface area contributed by atoms with Gasteiger partial charge in [0.05, 0.1) is 5.92 Å². The smallest absolute Gasteiger partial charge is 0.313 e. The van der Waals surface area contributed by atoms with Crippen molar-refractivity contribution < 1.29 is 9.53 Å². The van der Waals surface area contributed by atoms with Gasteiger partial charge in [-0.3, -0.25) is 4.79 Å². The van der Waals surface area contributed by atoms with Crippen molar-refractivity contribution in [1.82, 2.24) is 0 Å². The highest BCUT2D eigenvalue weighted by molar-refractivity contribution is 5.78. The molecule has 2 heteroatoms. The molecule has 2 aromatic rings. The molecule has 0 saturated heterocycles. The maximum atomic E-state index is 12.1. The molecule has 2 nitrogen and oxygen atoms in total. The van der Waals surface area contributed by atoms with Crippen molar-refractivity contribution in [2.45, 2.75) is 39.2 Å². The van der Waals surface area contributed by atoms with Crippen molar-refractivity contribution in [2.75, 3.05) is 0 Å². The third kappa shape index (κ3) is 4.19. The van der Waals surface area contributed by atoms with E-state index in [0.717, 1.165) is 11.1 Å². The topological polar surface area (TPSA) is 26.3 Å². The molecule has 0 aromatic heterocycles. The quantitative estimate of drug-likeness (QED) is 0.756. The highest BCUT2D eigenvalue weighted by atomic mass is 16.6. The van der Waals surface area contributed by atoms with E-state index in [4.69, 9.17) is 4.74 Å². The Hall–Kier alpha value is -2.09. The normalized spacial score (nSPS) is 12.8. The first kappa shape index (κ1) is 15.3. The SMILES string of the molecule is CC(C(=O)OC(C)(C)C)c1ccc(-c2ccccc2)cc1. The molecule has 0 radical (unpaired) electrons. The van der Waals surface area contributed by atoms with Gasteiger partial charge in [-0.15, -0.1) is 0 Å².